The van der Waals surface area contributed by atoms with Crippen LogP contribution >= 0.6 is 15.9 Å². The summed E-state index contributed by atoms with van der Waals surface area (Å²) in [4.78, 5) is 12.0. The van der Waals surface area contributed by atoms with Crippen molar-refractivity contribution in [3.05, 3.63) is 51.0 Å². The number of carbonyl (C=O) groups excluding carboxylic acids is 1. The highest BCUT2D eigenvalue weighted by atomic mass is 79.9. The van der Waals surface area contributed by atoms with Gasteiger partial charge in [-0.05, 0) is 36.3 Å². The van der Waals surface area contributed by atoms with Crippen LogP contribution < -0.4 is 18.9 Å². The molecule has 7 heteroatoms. The van der Waals surface area contributed by atoms with E-state index >= 15 is 0 Å². The number of ether oxygens (including phenoxy) is 5. The number of hydrogen-bond acceptors (Lipinski definition) is 6. The average Bonchev–Trinajstić information content (AvgIpc) is 3.32. The summed E-state index contributed by atoms with van der Waals surface area (Å²) >= 11 is 3.56. The fraction of sp³-hybridized carbons (Fsp3) is 0.286. The van der Waals surface area contributed by atoms with E-state index in [0.717, 1.165) is 27.6 Å². The quantitative estimate of drug-likeness (QED) is 0.666. The minimum Gasteiger partial charge on any atom is -0.493 e. The standard InChI is InChI=1S/C21H17BrO6/c1-24-17-4-2-11-6-12-8-26-21(23)14(12)7-13(11)19(17)25-9-15-16(22)3-5-18-20(15)28-10-27-18/h2-5,7,12H,6,8-10H2,1H3/t12-/m0/s1. The first-order chi connectivity index (χ1) is 13.7. The molecule has 2 heterocycles. The highest BCUT2D eigenvalue weighted by Gasteiger charge is 2.35. The van der Waals surface area contributed by atoms with Gasteiger partial charge in [-0.3, -0.25) is 0 Å². The summed E-state index contributed by atoms with van der Waals surface area (Å²) in [6.07, 6.45) is 2.62. The Kier molecular flexibility index (Phi) is 4.19. The normalized spacial score (nSPS) is 18.9. The van der Waals surface area contributed by atoms with E-state index < -0.39 is 0 Å². The maximum absolute atomic E-state index is 12.0. The van der Waals surface area contributed by atoms with Gasteiger partial charge in [-0.2, -0.15) is 0 Å². The second-order valence-corrected chi connectivity index (χ2v) is 7.67. The van der Waals surface area contributed by atoms with E-state index in [4.69, 9.17) is 23.7 Å². The zero-order valence-electron chi connectivity index (χ0n) is 15.1. The average molecular weight is 445 g/mol. The molecule has 2 aromatic carbocycles. The van der Waals surface area contributed by atoms with Gasteiger partial charge in [0.15, 0.2) is 23.0 Å². The Morgan fingerprint density at radius 2 is 2.07 bits per heavy atom. The first-order valence-corrected chi connectivity index (χ1v) is 9.73. The molecule has 0 spiro atoms. The third-order valence-electron chi connectivity index (χ3n) is 5.27. The van der Waals surface area contributed by atoms with Crippen molar-refractivity contribution >= 4 is 28.0 Å². The second-order valence-electron chi connectivity index (χ2n) is 6.82. The third kappa shape index (κ3) is 2.73. The molecule has 0 bridgehead atoms. The topological polar surface area (TPSA) is 63.2 Å². The number of esters is 1. The number of halogens is 1. The molecule has 0 N–H and O–H groups in total. The van der Waals surface area contributed by atoms with Crippen LogP contribution in [0.3, 0.4) is 0 Å². The first-order valence-electron chi connectivity index (χ1n) is 8.94. The molecule has 0 unspecified atom stereocenters. The predicted molar refractivity (Wildman–Crippen MR) is 104 cm³/mol. The van der Waals surface area contributed by atoms with Crippen molar-refractivity contribution in [1.29, 1.82) is 0 Å². The summed E-state index contributed by atoms with van der Waals surface area (Å²) in [5.41, 5.74) is 3.53. The van der Waals surface area contributed by atoms with Crippen LogP contribution in [0.15, 0.2) is 34.3 Å². The summed E-state index contributed by atoms with van der Waals surface area (Å²) < 4.78 is 28.9. The molecule has 0 radical (unpaired) electrons. The van der Waals surface area contributed by atoms with Crippen molar-refractivity contribution in [2.75, 3.05) is 20.5 Å². The summed E-state index contributed by atoms with van der Waals surface area (Å²) in [5.74, 6) is 2.45. The van der Waals surface area contributed by atoms with Crippen molar-refractivity contribution in [3.63, 3.8) is 0 Å². The highest BCUT2D eigenvalue weighted by molar-refractivity contribution is 9.10. The summed E-state index contributed by atoms with van der Waals surface area (Å²) in [7, 11) is 1.60. The van der Waals surface area contributed by atoms with E-state index in [1.54, 1.807) is 7.11 Å². The monoisotopic (exact) mass is 444 g/mol. The summed E-state index contributed by atoms with van der Waals surface area (Å²) in [5, 5.41) is 0. The van der Waals surface area contributed by atoms with Crippen molar-refractivity contribution in [1.82, 2.24) is 0 Å². The van der Waals surface area contributed by atoms with Gasteiger partial charge in [0.25, 0.3) is 0 Å². The molecule has 6 nitrogen and oxygen atoms in total. The molecule has 28 heavy (non-hydrogen) atoms. The lowest BCUT2D eigenvalue weighted by Crippen LogP contribution is -2.14. The van der Waals surface area contributed by atoms with Crippen LogP contribution in [-0.4, -0.2) is 26.5 Å². The number of rotatable bonds is 4. The van der Waals surface area contributed by atoms with E-state index in [1.807, 2.05) is 30.3 Å². The van der Waals surface area contributed by atoms with Crippen LogP contribution in [-0.2, 0) is 22.6 Å². The van der Waals surface area contributed by atoms with E-state index in [9.17, 15) is 4.79 Å². The summed E-state index contributed by atoms with van der Waals surface area (Å²) in [6.45, 7) is 0.891. The molecule has 5 rings (SSSR count). The van der Waals surface area contributed by atoms with Gasteiger partial charge in [0.05, 0.1) is 13.7 Å². The lowest BCUT2D eigenvalue weighted by molar-refractivity contribution is -0.135. The van der Waals surface area contributed by atoms with Crippen molar-refractivity contribution < 1.29 is 28.5 Å². The molecule has 3 aliphatic rings. The SMILES string of the molecule is COc1ccc2c(c1OCc1c(Br)ccc3c1OCO3)C=C1C(=O)OC[C@@H]1C2. The Bertz CT molecular complexity index is 1010. The molecule has 1 saturated heterocycles. The molecule has 1 aliphatic carbocycles. The molecular formula is C21H17BrO6. The van der Waals surface area contributed by atoms with Crippen LogP contribution in [0.1, 0.15) is 16.7 Å². The third-order valence-corrected chi connectivity index (χ3v) is 6.02. The first kappa shape index (κ1) is 17.4. The number of hydrogen-bond donors (Lipinski definition) is 0. The fourth-order valence-corrected chi connectivity index (χ4v) is 4.26. The number of cyclic esters (lactones) is 1. The van der Waals surface area contributed by atoms with Crippen LogP contribution in [0.25, 0.3) is 6.08 Å². The Hall–Kier alpha value is -2.67. The van der Waals surface area contributed by atoms with Gasteiger partial charge in [0.1, 0.15) is 6.61 Å². The molecule has 0 aromatic heterocycles. The predicted octanol–water partition coefficient (Wildman–Crippen LogP) is 3.88. The van der Waals surface area contributed by atoms with Crippen molar-refractivity contribution in [2.45, 2.75) is 13.0 Å². The Morgan fingerprint density at radius 1 is 1.18 bits per heavy atom. The number of methoxy groups -OCH3 is 1. The molecule has 1 fully saturated rings. The maximum atomic E-state index is 12.0. The Morgan fingerprint density at radius 3 is 2.93 bits per heavy atom. The lowest BCUT2D eigenvalue weighted by atomic mass is 9.84. The van der Waals surface area contributed by atoms with Gasteiger partial charge in [0.2, 0.25) is 6.79 Å². The molecule has 0 amide bonds. The Balaban J connectivity index is 1.53. The molecule has 144 valence electrons. The van der Waals surface area contributed by atoms with Gasteiger partial charge in [-0.15, -0.1) is 0 Å². The van der Waals surface area contributed by atoms with Crippen LogP contribution in [0.2, 0.25) is 0 Å². The zero-order chi connectivity index (χ0) is 19.3. The van der Waals surface area contributed by atoms with Crippen LogP contribution in [0.5, 0.6) is 23.0 Å². The smallest absolute Gasteiger partial charge is 0.334 e. The number of carbonyl (C=O) groups is 1. The van der Waals surface area contributed by atoms with Gasteiger partial charge < -0.3 is 23.7 Å². The van der Waals surface area contributed by atoms with Crippen LogP contribution in [0, 0.1) is 5.92 Å². The second kappa shape index (κ2) is 6.74. The number of fused-ring (bicyclic) bond motifs is 3. The molecular weight excluding hydrogens is 428 g/mol. The van der Waals surface area contributed by atoms with Gasteiger partial charge in [-0.1, -0.05) is 22.0 Å². The molecule has 2 aliphatic heterocycles. The number of benzene rings is 2. The zero-order valence-corrected chi connectivity index (χ0v) is 16.7. The highest BCUT2D eigenvalue weighted by Crippen LogP contribution is 2.44. The lowest BCUT2D eigenvalue weighted by Gasteiger charge is -2.22. The van der Waals surface area contributed by atoms with E-state index in [0.29, 0.717) is 35.2 Å². The molecule has 2 aromatic rings. The van der Waals surface area contributed by atoms with E-state index in [-0.39, 0.29) is 25.3 Å². The Labute approximate surface area is 170 Å². The van der Waals surface area contributed by atoms with Crippen LogP contribution in [0.4, 0.5) is 0 Å². The van der Waals surface area contributed by atoms with Gasteiger partial charge in [0, 0.05) is 27.1 Å². The van der Waals surface area contributed by atoms with Gasteiger partial charge >= 0.3 is 5.97 Å². The minimum atomic E-state index is -0.251. The fourth-order valence-electron chi connectivity index (χ4n) is 3.83. The van der Waals surface area contributed by atoms with E-state index in [2.05, 4.69) is 15.9 Å². The largest absolute Gasteiger partial charge is 0.493 e. The minimum absolute atomic E-state index is 0.110. The molecule has 0 saturated carbocycles. The maximum Gasteiger partial charge on any atom is 0.334 e. The van der Waals surface area contributed by atoms with Crippen molar-refractivity contribution in [2.24, 2.45) is 5.92 Å². The van der Waals surface area contributed by atoms with Gasteiger partial charge in [-0.25, -0.2) is 4.79 Å². The molecule has 1 atom stereocenters. The van der Waals surface area contributed by atoms with Crippen molar-refractivity contribution in [3.8, 4) is 23.0 Å². The van der Waals surface area contributed by atoms with E-state index in [1.165, 1.54) is 0 Å². The summed E-state index contributed by atoms with van der Waals surface area (Å²) in [6, 6.07) is 7.68.